The minimum absolute atomic E-state index is 0.242. The molecule has 1 aromatic carbocycles. The van der Waals surface area contributed by atoms with Crippen LogP contribution < -0.4 is 15.4 Å². The lowest BCUT2D eigenvalue weighted by Crippen LogP contribution is -2.44. The van der Waals surface area contributed by atoms with Crippen LogP contribution >= 0.6 is 0 Å². The van der Waals surface area contributed by atoms with Crippen LogP contribution in [0.1, 0.15) is 26.3 Å². The molecule has 1 aromatic rings. The second-order valence-electron chi connectivity index (χ2n) is 6.13. The lowest BCUT2D eigenvalue weighted by atomic mass is 10.2. The Labute approximate surface area is 135 Å². The molecule has 0 atom stereocenters. The molecule has 0 fully saturated rings. The smallest absolute Gasteiger partial charge is 0.407 e. The maximum Gasteiger partial charge on any atom is 0.407 e. The Bertz CT molecular complexity index is 516. The summed E-state index contributed by atoms with van der Waals surface area (Å²) in [6.07, 6.45) is -0.859. The monoisotopic (exact) mass is 330 g/mol. The van der Waals surface area contributed by atoms with Gasteiger partial charge in [0.15, 0.2) is 0 Å². The van der Waals surface area contributed by atoms with Crippen LogP contribution in [0.4, 0.5) is 13.6 Å². The van der Waals surface area contributed by atoms with Gasteiger partial charge in [0.05, 0.1) is 20.2 Å². The van der Waals surface area contributed by atoms with E-state index >= 15 is 0 Å². The lowest BCUT2D eigenvalue weighted by Gasteiger charge is -2.22. The summed E-state index contributed by atoms with van der Waals surface area (Å²) in [5, 5.41) is 4.74. The number of amides is 1. The molecule has 0 heterocycles. The number of carbonyl (C=O) groups excluding carboxylic acids is 1. The second kappa shape index (κ2) is 8.10. The quantitative estimate of drug-likeness (QED) is 0.807. The Hall–Kier alpha value is -1.89. The van der Waals surface area contributed by atoms with Gasteiger partial charge in [0.2, 0.25) is 0 Å². The first-order valence-corrected chi connectivity index (χ1v) is 7.30. The third kappa shape index (κ3) is 7.78. The molecule has 0 unspecified atom stereocenters. The van der Waals surface area contributed by atoms with Crippen molar-refractivity contribution in [3.05, 3.63) is 29.8 Å². The Balaban J connectivity index is 2.39. The van der Waals surface area contributed by atoms with E-state index < -0.39 is 30.7 Å². The van der Waals surface area contributed by atoms with Crippen molar-refractivity contribution in [2.45, 2.75) is 38.8 Å². The first-order valence-electron chi connectivity index (χ1n) is 7.30. The minimum atomic E-state index is -3.08. The van der Waals surface area contributed by atoms with E-state index in [2.05, 4.69) is 10.6 Å². The van der Waals surface area contributed by atoms with E-state index in [-0.39, 0.29) is 6.54 Å². The molecule has 0 aliphatic heterocycles. The van der Waals surface area contributed by atoms with E-state index in [0.717, 1.165) is 5.56 Å². The summed E-state index contributed by atoms with van der Waals surface area (Å²) in [5.41, 5.74) is 0.0625. The van der Waals surface area contributed by atoms with Crippen LogP contribution in [-0.4, -0.2) is 37.8 Å². The number of alkyl carbamates (subject to hydrolysis) is 1. The van der Waals surface area contributed by atoms with Gasteiger partial charge in [0.25, 0.3) is 5.92 Å². The third-order valence-electron chi connectivity index (χ3n) is 2.78. The summed E-state index contributed by atoms with van der Waals surface area (Å²) in [5.74, 6) is -2.45. The van der Waals surface area contributed by atoms with Gasteiger partial charge < -0.3 is 20.1 Å². The van der Waals surface area contributed by atoms with Crippen LogP contribution in [0.25, 0.3) is 0 Å². The van der Waals surface area contributed by atoms with Gasteiger partial charge in [-0.05, 0) is 26.8 Å². The fourth-order valence-electron chi connectivity index (χ4n) is 1.81. The third-order valence-corrected chi connectivity index (χ3v) is 2.78. The van der Waals surface area contributed by atoms with Crippen molar-refractivity contribution in [1.29, 1.82) is 0 Å². The van der Waals surface area contributed by atoms with Crippen LogP contribution in [0, 0.1) is 0 Å². The molecule has 7 heteroatoms. The van der Waals surface area contributed by atoms with Crippen molar-refractivity contribution in [1.82, 2.24) is 10.6 Å². The molecule has 1 rings (SSSR count). The van der Waals surface area contributed by atoms with E-state index in [9.17, 15) is 13.6 Å². The zero-order valence-electron chi connectivity index (χ0n) is 13.9. The normalized spacial score (nSPS) is 11.9. The molecule has 23 heavy (non-hydrogen) atoms. The minimum Gasteiger partial charge on any atom is -0.496 e. The highest BCUT2D eigenvalue weighted by atomic mass is 19.3. The fraction of sp³-hybridized carbons (Fsp3) is 0.562. The summed E-state index contributed by atoms with van der Waals surface area (Å²) in [6.45, 7) is 3.88. The standard InChI is InChI=1S/C16H24F2N2O3/c1-15(2,3)23-14(21)20-11-16(17,18)10-19-9-12-7-5-6-8-13(12)22-4/h5-8,19H,9-11H2,1-4H3,(H,20,21). The number of hydrogen-bond donors (Lipinski definition) is 2. The van der Waals surface area contributed by atoms with Crippen LogP contribution in [-0.2, 0) is 11.3 Å². The van der Waals surface area contributed by atoms with E-state index in [1.165, 1.54) is 7.11 Å². The predicted molar refractivity (Wildman–Crippen MR) is 83.9 cm³/mol. The molecule has 0 radical (unpaired) electrons. The number of carbonyl (C=O) groups is 1. The molecule has 0 bridgehead atoms. The molecular weight excluding hydrogens is 306 g/mol. The zero-order chi connectivity index (χ0) is 17.5. The van der Waals surface area contributed by atoms with Crippen molar-refractivity contribution in [2.24, 2.45) is 0 Å². The van der Waals surface area contributed by atoms with Crippen molar-refractivity contribution in [3.8, 4) is 5.75 Å². The predicted octanol–water partition coefficient (Wildman–Crippen LogP) is 2.94. The molecule has 1 amide bonds. The van der Waals surface area contributed by atoms with Crippen molar-refractivity contribution < 1.29 is 23.0 Å². The fourth-order valence-corrected chi connectivity index (χ4v) is 1.81. The molecular formula is C16H24F2N2O3. The Morgan fingerprint density at radius 3 is 2.43 bits per heavy atom. The van der Waals surface area contributed by atoms with E-state index in [4.69, 9.17) is 9.47 Å². The number of rotatable bonds is 7. The molecule has 0 aliphatic rings. The Kier molecular flexibility index (Phi) is 6.75. The number of alkyl halides is 2. The summed E-state index contributed by atoms with van der Waals surface area (Å²) in [6, 6.07) is 7.17. The average molecular weight is 330 g/mol. The van der Waals surface area contributed by atoms with E-state index in [1.807, 2.05) is 12.1 Å². The summed E-state index contributed by atoms with van der Waals surface area (Å²) < 4.78 is 37.5. The molecule has 130 valence electrons. The SMILES string of the molecule is COc1ccccc1CNCC(F)(F)CNC(=O)OC(C)(C)C. The van der Waals surface area contributed by atoms with Crippen molar-refractivity contribution in [3.63, 3.8) is 0 Å². The van der Waals surface area contributed by atoms with Crippen LogP contribution in [0.15, 0.2) is 24.3 Å². The molecule has 0 spiro atoms. The maximum atomic E-state index is 13.7. The Morgan fingerprint density at radius 1 is 1.17 bits per heavy atom. The number of methoxy groups -OCH3 is 1. The molecule has 0 aliphatic carbocycles. The second-order valence-corrected chi connectivity index (χ2v) is 6.13. The summed E-state index contributed by atoms with van der Waals surface area (Å²) >= 11 is 0. The highest BCUT2D eigenvalue weighted by molar-refractivity contribution is 5.67. The van der Waals surface area contributed by atoms with Gasteiger partial charge in [-0.3, -0.25) is 0 Å². The first kappa shape index (κ1) is 19.2. The number of ether oxygens (including phenoxy) is 2. The largest absolute Gasteiger partial charge is 0.496 e. The van der Waals surface area contributed by atoms with Crippen molar-refractivity contribution >= 4 is 6.09 Å². The van der Waals surface area contributed by atoms with Gasteiger partial charge in [0.1, 0.15) is 11.4 Å². The van der Waals surface area contributed by atoms with Gasteiger partial charge in [-0.15, -0.1) is 0 Å². The number of para-hydroxylation sites is 1. The number of nitrogens with one attached hydrogen (secondary N) is 2. The lowest BCUT2D eigenvalue weighted by molar-refractivity contribution is -0.00379. The number of benzene rings is 1. The number of halogens is 2. The molecule has 2 N–H and O–H groups in total. The van der Waals surface area contributed by atoms with Gasteiger partial charge in [-0.25, -0.2) is 13.6 Å². The number of hydrogen-bond acceptors (Lipinski definition) is 4. The van der Waals surface area contributed by atoms with Crippen molar-refractivity contribution in [2.75, 3.05) is 20.2 Å². The zero-order valence-corrected chi connectivity index (χ0v) is 13.9. The van der Waals surface area contributed by atoms with Gasteiger partial charge in [-0.1, -0.05) is 18.2 Å². The van der Waals surface area contributed by atoms with Crippen LogP contribution in [0.2, 0.25) is 0 Å². The topological polar surface area (TPSA) is 59.6 Å². The summed E-state index contributed by atoms with van der Waals surface area (Å²) in [4.78, 5) is 11.4. The van der Waals surface area contributed by atoms with Crippen LogP contribution in [0.5, 0.6) is 5.75 Å². The molecule has 0 saturated heterocycles. The van der Waals surface area contributed by atoms with Gasteiger partial charge in [0, 0.05) is 12.1 Å². The first-order chi connectivity index (χ1) is 10.6. The molecule has 5 nitrogen and oxygen atoms in total. The Morgan fingerprint density at radius 2 is 1.83 bits per heavy atom. The van der Waals surface area contributed by atoms with E-state index in [0.29, 0.717) is 5.75 Å². The van der Waals surface area contributed by atoms with Gasteiger partial charge in [-0.2, -0.15) is 0 Å². The van der Waals surface area contributed by atoms with Gasteiger partial charge >= 0.3 is 6.09 Å². The molecule has 0 aromatic heterocycles. The molecule has 0 saturated carbocycles. The maximum absolute atomic E-state index is 13.7. The summed E-state index contributed by atoms with van der Waals surface area (Å²) in [7, 11) is 1.53. The van der Waals surface area contributed by atoms with E-state index in [1.54, 1.807) is 32.9 Å². The van der Waals surface area contributed by atoms with Crippen LogP contribution in [0.3, 0.4) is 0 Å². The highest BCUT2D eigenvalue weighted by Crippen LogP contribution is 2.17. The average Bonchev–Trinajstić information content (AvgIpc) is 2.44. The highest BCUT2D eigenvalue weighted by Gasteiger charge is 2.30.